The Kier molecular flexibility index (Phi) is 9.97. The van der Waals surface area contributed by atoms with E-state index in [-0.39, 0.29) is 24.8 Å². The zero-order valence-corrected chi connectivity index (χ0v) is 14.0. The van der Waals surface area contributed by atoms with E-state index in [0.29, 0.717) is 13.5 Å². The van der Waals surface area contributed by atoms with Gasteiger partial charge in [-0.3, -0.25) is 4.74 Å². The minimum absolute atomic E-state index is 0. The van der Waals surface area contributed by atoms with Gasteiger partial charge in [-0.15, -0.1) is 0 Å². The topological polar surface area (TPSA) is 17.0 Å². The number of hydrogen-bond donors (Lipinski definition) is 0. The second-order valence-electron chi connectivity index (χ2n) is 4.61. The molecule has 0 aliphatic rings. The van der Waals surface area contributed by atoms with E-state index in [2.05, 4.69) is 62.9 Å². The number of ether oxygens (including phenoxy) is 1. The van der Waals surface area contributed by atoms with Crippen molar-refractivity contribution in [2.24, 2.45) is 0 Å². The number of hydrogen-bond acceptors (Lipinski definition) is 1. The average Bonchev–Trinajstić information content (AvgIpc) is 2.49. The predicted octanol–water partition coefficient (Wildman–Crippen LogP) is -3.97. The molecule has 2 aromatic rings. The second-order valence-corrected chi connectivity index (χ2v) is 4.61. The van der Waals surface area contributed by atoms with Crippen LogP contribution in [0.1, 0.15) is 25.0 Å². The number of rotatable bonds is 6. The van der Waals surface area contributed by atoms with Crippen LogP contribution in [0.25, 0.3) is 0 Å². The van der Waals surface area contributed by atoms with E-state index in [1.54, 1.807) is 0 Å². The summed E-state index contributed by atoms with van der Waals surface area (Å²) >= 11 is 0. The van der Waals surface area contributed by atoms with Gasteiger partial charge in [-0.2, -0.15) is 9.13 Å². The van der Waals surface area contributed by atoms with Crippen LogP contribution in [-0.4, -0.2) is 0 Å². The molecule has 0 bridgehead atoms. The van der Waals surface area contributed by atoms with E-state index >= 15 is 0 Å². The molecule has 0 amide bonds. The van der Waals surface area contributed by atoms with Gasteiger partial charge in [0.2, 0.25) is 0 Å². The van der Waals surface area contributed by atoms with Crippen molar-refractivity contribution < 1.29 is 38.7 Å². The third-order valence-corrected chi connectivity index (χ3v) is 3.22. The summed E-state index contributed by atoms with van der Waals surface area (Å²) in [7, 11) is 0. The first-order chi connectivity index (χ1) is 9.31. The van der Waals surface area contributed by atoms with E-state index in [1.807, 2.05) is 9.13 Å². The maximum Gasteiger partial charge on any atom is 0.257 e. The maximum atomic E-state index is 5.68. The lowest BCUT2D eigenvalue weighted by Gasteiger charge is -2.00. The average molecular weight is 329 g/mol. The van der Waals surface area contributed by atoms with E-state index in [4.69, 9.17) is 4.74 Å². The molecule has 5 heteroatoms. The summed E-state index contributed by atoms with van der Waals surface area (Å²) < 4.78 is 9.76. The predicted molar refractivity (Wildman–Crippen MR) is 73.1 cm³/mol. The Balaban J connectivity index is 0.00000200. The first-order valence-corrected chi connectivity index (χ1v) is 6.85. The Morgan fingerprint density at radius 2 is 1.05 bits per heavy atom. The molecular formula is C16H22Cl2N2O. The summed E-state index contributed by atoms with van der Waals surface area (Å²) in [6.45, 7) is 5.47. The maximum absolute atomic E-state index is 5.68. The molecule has 0 aromatic carbocycles. The standard InChI is InChI=1S/C16H22N2O.2ClH/c1-3-15-5-9-17(10-6-15)13-19-14-18-11-7-16(4-2)8-12-18;;/h5-12H,3-4,13-14H2,1-2H3;2*1H/q+2;;/p-2. The van der Waals surface area contributed by atoms with Crippen molar-refractivity contribution in [3.63, 3.8) is 0 Å². The zero-order valence-electron chi connectivity index (χ0n) is 12.5. The summed E-state index contributed by atoms with van der Waals surface area (Å²) in [5, 5.41) is 0. The number of aromatic nitrogens is 2. The fourth-order valence-electron chi connectivity index (χ4n) is 1.87. The van der Waals surface area contributed by atoms with Crippen LogP contribution in [0, 0.1) is 0 Å². The highest BCUT2D eigenvalue weighted by atomic mass is 35.5. The van der Waals surface area contributed by atoms with Crippen molar-refractivity contribution in [1.82, 2.24) is 0 Å². The summed E-state index contributed by atoms with van der Waals surface area (Å²) in [6, 6.07) is 8.53. The van der Waals surface area contributed by atoms with Crippen LogP contribution in [0.15, 0.2) is 49.1 Å². The highest BCUT2D eigenvalue weighted by Crippen LogP contribution is 1.96. The van der Waals surface area contributed by atoms with Crippen molar-refractivity contribution in [2.45, 2.75) is 40.2 Å². The minimum Gasteiger partial charge on any atom is -1.00 e. The van der Waals surface area contributed by atoms with Gasteiger partial charge in [-0.05, 0) is 24.0 Å². The summed E-state index contributed by atoms with van der Waals surface area (Å²) in [5.74, 6) is 0. The summed E-state index contributed by atoms with van der Waals surface area (Å²) in [5.41, 5.74) is 2.70. The Bertz CT molecular complexity index is 453. The molecule has 0 saturated heterocycles. The molecule has 2 rings (SSSR count). The molecule has 0 atom stereocenters. The van der Waals surface area contributed by atoms with Crippen molar-refractivity contribution in [2.75, 3.05) is 0 Å². The van der Waals surface area contributed by atoms with E-state index in [0.717, 1.165) is 12.8 Å². The molecule has 0 fully saturated rings. The molecule has 0 N–H and O–H groups in total. The van der Waals surface area contributed by atoms with Crippen LogP contribution in [0.3, 0.4) is 0 Å². The summed E-state index contributed by atoms with van der Waals surface area (Å²) in [4.78, 5) is 0. The largest absolute Gasteiger partial charge is 1.00 e. The lowest BCUT2D eigenvalue weighted by atomic mass is 10.2. The molecule has 0 saturated carbocycles. The second kappa shape index (κ2) is 10.6. The van der Waals surface area contributed by atoms with Crippen LogP contribution in [0.2, 0.25) is 0 Å². The zero-order chi connectivity index (χ0) is 13.5. The summed E-state index contributed by atoms with van der Waals surface area (Å²) in [6.07, 6.45) is 10.4. The van der Waals surface area contributed by atoms with Crippen molar-refractivity contribution in [1.29, 1.82) is 0 Å². The third-order valence-electron chi connectivity index (χ3n) is 3.22. The van der Waals surface area contributed by atoms with Gasteiger partial charge >= 0.3 is 0 Å². The molecule has 2 heterocycles. The van der Waals surface area contributed by atoms with Crippen molar-refractivity contribution >= 4 is 0 Å². The van der Waals surface area contributed by atoms with E-state index in [1.165, 1.54) is 11.1 Å². The fourth-order valence-corrected chi connectivity index (χ4v) is 1.87. The molecule has 0 radical (unpaired) electrons. The monoisotopic (exact) mass is 328 g/mol. The molecule has 0 aliphatic heterocycles. The highest BCUT2D eigenvalue weighted by molar-refractivity contribution is 5.06. The third kappa shape index (κ3) is 6.42. The normalized spacial score (nSPS) is 9.62. The van der Waals surface area contributed by atoms with Crippen LogP contribution in [0.4, 0.5) is 0 Å². The Morgan fingerprint density at radius 3 is 1.33 bits per heavy atom. The lowest BCUT2D eigenvalue weighted by molar-refractivity contribution is -0.788. The SMILES string of the molecule is CCc1cc[n+](COC[n+]2ccc(CC)cc2)cc1.[Cl-].[Cl-]. The van der Waals surface area contributed by atoms with Gasteiger partial charge in [0.05, 0.1) is 0 Å². The number of halogens is 2. The van der Waals surface area contributed by atoms with Crippen LogP contribution in [-0.2, 0) is 31.0 Å². The first kappa shape index (κ1) is 19.8. The molecule has 2 aromatic heterocycles. The van der Waals surface area contributed by atoms with E-state index in [9.17, 15) is 0 Å². The quantitative estimate of drug-likeness (QED) is 0.494. The molecule has 3 nitrogen and oxygen atoms in total. The molecule has 0 spiro atoms. The van der Waals surface area contributed by atoms with Gasteiger partial charge in [-0.25, -0.2) is 0 Å². The van der Waals surface area contributed by atoms with Crippen LogP contribution in [0.5, 0.6) is 0 Å². The van der Waals surface area contributed by atoms with Crippen LogP contribution >= 0.6 is 0 Å². The highest BCUT2D eigenvalue weighted by Gasteiger charge is 2.04. The van der Waals surface area contributed by atoms with Crippen molar-refractivity contribution in [3.8, 4) is 0 Å². The Hall–Kier alpha value is -1.16. The van der Waals surface area contributed by atoms with Gasteiger partial charge in [0, 0.05) is 24.3 Å². The molecular weight excluding hydrogens is 307 g/mol. The Morgan fingerprint density at radius 1 is 0.714 bits per heavy atom. The molecule has 21 heavy (non-hydrogen) atoms. The molecule has 116 valence electrons. The number of aryl methyl sites for hydroxylation is 2. The number of pyridine rings is 2. The van der Waals surface area contributed by atoms with Gasteiger partial charge < -0.3 is 24.8 Å². The van der Waals surface area contributed by atoms with Gasteiger partial charge in [0.25, 0.3) is 13.5 Å². The minimum atomic E-state index is 0. The Labute approximate surface area is 139 Å². The molecule has 0 aliphatic carbocycles. The van der Waals surface area contributed by atoms with Crippen molar-refractivity contribution in [3.05, 3.63) is 60.2 Å². The fraction of sp³-hybridized carbons (Fsp3) is 0.375. The first-order valence-electron chi connectivity index (χ1n) is 6.85. The van der Waals surface area contributed by atoms with Gasteiger partial charge in [0.15, 0.2) is 24.8 Å². The number of nitrogens with zero attached hydrogens (tertiary/aromatic N) is 2. The van der Waals surface area contributed by atoms with Crippen LogP contribution < -0.4 is 33.9 Å². The van der Waals surface area contributed by atoms with Gasteiger partial charge in [-0.1, -0.05) is 13.8 Å². The van der Waals surface area contributed by atoms with Gasteiger partial charge in [0.1, 0.15) is 0 Å². The van der Waals surface area contributed by atoms with E-state index < -0.39 is 0 Å². The smallest absolute Gasteiger partial charge is 0.257 e. The molecule has 0 unspecified atom stereocenters. The lowest BCUT2D eigenvalue weighted by Crippen LogP contribution is -3.00.